The van der Waals surface area contributed by atoms with Crippen molar-refractivity contribution < 1.29 is 22.8 Å². The number of carbonyl (C=O) groups excluding carboxylic acids is 2. The number of rotatable bonds is 2. The van der Waals surface area contributed by atoms with E-state index in [1.807, 2.05) is 11.8 Å². The second kappa shape index (κ2) is 4.47. The van der Waals surface area contributed by atoms with Crippen LogP contribution in [0.15, 0.2) is 0 Å². The number of nitrogens with zero attached hydrogens (tertiary/aromatic N) is 2. The third-order valence-corrected chi connectivity index (χ3v) is 4.28. The van der Waals surface area contributed by atoms with Crippen LogP contribution >= 0.6 is 0 Å². The number of Topliss-reactive ketones (excluding diaryl/α,β-unsaturated/α-hetero) is 1. The molecule has 1 amide bonds. The van der Waals surface area contributed by atoms with Crippen LogP contribution < -0.4 is 0 Å². The summed E-state index contributed by atoms with van der Waals surface area (Å²) in [7, 11) is 1.09. The molecule has 0 aromatic carbocycles. The molecule has 0 aliphatic carbocycles. The molecule has 19 heavy (non-hydrogen) atoms. The van der Waals surface area contributed by atoms with Crippen LogP contribution in [-0.4, -0.2) is 60.4 Å². The number of fused-ring (bicyclic) bond motifs is 3. The minimum atomic E-state index is -4.88. The van der Waals surface area contributed by atoms with Crippen molar-refractivity contribution in [3.8, 4) is 0 Å². The van der Waals surface area contributed by atoms with Gasteiger partial charge in [-0.25, -0.2) is 0 Å². The Morgan fingerprint density at radius 3 is 2.42 bits per heavy atom. The van der Waals surface area contributed by atoms with Crippen molar-refractivity contribution in [1.29, 1.82) is 0 Å². The summed E-state index contributed by atoms with van der Waals surface area (Å²) in [5, 5.41) is 0. The highest BCUT2D eigenvalue weighted by molar-refractivity contribution is 5.92. The monoisotopic (exact) mass is 278 g/mol. The van der Waals surface area contributed by atoms with Gasteiger partial charge in [0.05, 0.1) is 6.04 Å². The average molecular weight is 278 g/mol. The van der Waals surface area contributed by atoms with Crippen molar-refractivity contribution in [2.45, 2.75) is 32.0 Å². The fraction of sp³-hybridized carbons (Fsp3) is 0.833. The predicted molar refractivity (Wildman–Crippen MR) is 61.4 cm³/mol. The molecule has 3 heterocycles. The number of hydrogen-bond acceptors (Lipinski definition) is 3. The zero-order chi connectivity index (χ0) is 14.4. The maximum Gasteiger partial charge on any atom is 0.471 e. The predicted octanol–water partition coefficient (Wildman–Crippen LogP) is 1.06. The third kappa shape index (κ3) is 2.48. The van der Waals surface area contributed by atoms with Crippen LogP contribution in [0.5, 0.6) is 0 Å². The molecule has 3 aliphatic heterocycles. The Bertz CT molecular complexity index is 400. The van der Waals surface area contributed by atoms with Gasteiger partial charge in [0, 0.05) is 19.0 Å². The van der Waals surface area contributed by atoms with E-state index in [0.29, 0.717) is 18.0 Å². The maximum atomic E-state index is 12.3. The molecule has 108 valence electrons. The summed E-state index contributed by atoms with van der Waals surface area (Å²) in [6, 6.07) is -0.594. The minimum absolute atomic E-state index is 0.0353. The first-order valence-electron chi connectivity index (χ1n) is 6.26. The fourth-order valence-electron chi connectivity index (χ4n) is 2.90. The zero-order valence-corrected chi connectivity index (χ0v) is 11.0. The fourth-order valence-corrected chi connectivity index (χ4v) is 2.90. The number of halogens is 3. The topological polar surface area (TPSA) is 40.6 Å². The van der Waals surface area contributed by atoms with E-state index in [1.165, 1.54) is 0 Å². The molecule has 3 fully saturated rings. The molecular formula is C12H17F3N2O2. The molecule has 3 saturated heterocycles. The van der Waals surface area contributed by atoms with Gasteiger partial charge >= 0.3 is 12.1 Å². The molecule has 7 heteroatoms. The van der Waals surface area contributed by atoms with E-state index in [9.17, 15) is 22.8 Å². The Morgan fingerprint density at radius 2 is 1.95 bits per heavy atom. The number of ketones is 1. The summed E-state index contributed by atoms with van der Waals surface area (Å²) in [6.45, 7) is 3.10. The van der Waals surface area contributed by atoms with Gasteiger partial charge in [0.2, 0.25) is 0 Å². The average Bonchev–Trinajstić information content (AvgIpc) is 2.32. The summed E-state index contributed by atoms with van der Waals surface area (Å²) in [5.41, 5.74) is -0.429. The molecular weight excluding hydrogens is 261 g/mol. The largest absolute Gasteiger partial charge is 0.471 e. The molecule has 3 aliphatic rings. The van der Waals surface area contributed by atoms with Crippen LogP contribution in [0.1, 0.15) is 19.8 Å². The Balaban J connectivity index is 2.07. The van der Waals surface area contributed by atoms with Crippen molar-refractivity contribution in [2.75, 3.05) is 26.7 Å². The lowest BCUT2D eigenvalue weighted by Crippen LogP contribution is -2.63. The van der Waals surface area contributed by atoms with Crippen LogP contribution in [0.3, 0.4) is 0 Å². The van der Waals surface area contributed by atoms with Crippen molar-refractivity contribution in [3.63, 3.8) is 0 Å². The Kier molecular flexibility index (Phi) is 3.36. The molecule has 3 rings (SSSR count). The SMILES string of the molecule is CN(CC1C(=O)C2(C)CCN1CC2)C(=O)C(F)(F)F. The number of amides is 1. The summed E-state index contributed by atoms with van der Waals surface area (Å²) < 4.78 is 37.0. The molecule has 0 aromatic heterocycles. The van der Waals surface area contributed by atoms with Crippen LogP contribution in [0.4, 0.5) is 13.2 Å². The lowest BCUT2D eigenvalue weighted by atomic mass is 9.69. The van der Waals surface area contributed by atoms with E-state index in [1.54, 1.807) is 0 Å². The highest BCUT2D eigenvalue weighted by Crippen LogP contribution is 2.40. The molecule has 4 nitrogen and oxygen atoms in total. The highest BCUT2D eigenvalue weighted by atomic mass is 19.4. The van der Waals surface area contributed by atoms with Gasteiger partial charge in [0.15, 0.2) is 5.78 Å². The van der Waals surface area contributed by atoms with Crippen molar-refractivity contribution in [3.05, 3.63) is 0 Å². The number of piperidine rings is 3. The zero-order valence-electron chi connectivity index (χ0n) is 11.0. The van der Waals surface area contributed by atoms with Gasteiger partial charge in [-0.15, -0.1) is 0 Å². The van der Waals surface area contributed by atoms with E-state index < -0.39 is 23.5 Å². The lowest BCUT2D eigenvalue weighted by Gasteiger charge is -2.50. The van der Waals surface area contributed by atoms with Crippen LogP contribution in [-0.2, 0) is 9.59 Å². The van der Waals surface area contributed by atoms with E-state index in [-0.39, 0.29) is 12.3 Å². The first-order chi connectivity index (χ1) is 8.65. The summed E-state index contributed by atoms with van der Waals surface area (Å²) in [5.74, 6) is -1.93. The molecule has 0 aromatic rings. The van der Waals surface area contributed by atoms with E-state index in [2.05, 4.69) is 0 Å². The van der Waals surface area contributed by atoms with Gasteiger partial charge in [-0.1, -0.05) is 6.92 Å². The molecule has 0 saturated carbocycles. The lowest BCUT2D eigenvalue weighted by molar-refractivity contribution is -0.185. The second-order valence-corrected chi connectivity index (χ2v) is 5.66. The molecule has 0 N–H and O–H groups in total. The summed E-state index contributed by atoms with van der Waals surface area (Å²) >= 11 is 0. The molecule has 2 bridgehead atoms. The van der Waals surface area contributed by atoms with Gasteiger partial charge in [0.1, 0.15) is 0 Å². The number of hydrogen-bond donors (Lipinski definition) is 0. The van der Waals surface area contributed by atoms with Crippen LogP contribution in [0.25, 0.3) is 0 Å². The minimum Gasteiger partial charge on any atom is -0.336 e. The van der Waals surface area contributed by atoms with Crippen LogP contribution in [0, 0.1) is 5.41 Å². The van der Waals surface area contributed by atoms with Gasteiger partial charge in [-0.2, -0.15) is 13.2 Å². The second-order valence-electron chi connectivity index (χ2n) is 5.66. The number of carbonyl (C=O) groups is 2. The Morgan fingerprint density at radius 1 is 1.42 bits per heavy atom. The summed E-state index contributed by atoms with van der Waals surface area (Å²) in [6.07, 6.45) is -3.39. The molecule has 1 unspecified atom stereocenters. The maximum absolute atomic E-state index is 12.3. The van der Waals surface area contributed by atoms with Crippen molar-refractivity contribution >= 4 is 11.7 Å². The van der Waals surface area contributed by atoms with Gasteiger partial charge in [-0.3, -0.25) is 14.5 Å². The molecule has 0 spiro atoms. The van der Waals surface area contributed by atoms with Crippen molar-refractivity contribution in [1.82, 2.24) is 9.80 Å². The third-order valence-electron chi connectivity index (χ3n) is 4.28. The highest BCUT2D eigenvalue weighted by Gasteiger charge is 2.50. The van der Waals surface area contributed by atoms with E-state index in [0.717, 1.165) is 19.9 Å². The van der Waals surface area contributed by atoms with Gasteiger partial charge < -0.3 is 4.90 Å². The smallest absolute Gasteiger partial charge is 0.336 e. The standard InChI is InChI=1S/C12H17F3N2O2/c1-11-3-5-17(6-4-11)8(9(11)18)7-16(2)10(19)12(13,14)15/h8H,3-7H2,1-2H3. The number of alkyl halides is 3. The van der Waals surface area contributed by atoms with Crippen molar-refractivity contribution in [2.24, 2.45) is 5.41 Å². The Hall–Kier alpha value is -1.11. The Labute approximate surface area is 109 Å². The quantitative estimate of drug-likeness (QED) is 0.758. The first-order valence-corrected chi connectivity index (χ1v) is 6.26. The van der Waals surface area contributed by atoms with E-state index >= 15 is 0 Å². The van der Waals surface area contributed by atoms with E-state index in [4.69, 9.17) is 0 Å². The van der Waals surface area contributed by atoms with Gasteiger partial charge in [0.25, 0.3) is 0 Å². The molecule has 0 radical (unpaired) electrons. The first kappa shape index (κ1) is 14.3. The molecule has 1 atom stereocenters. The van der Waals surface area contributed by atoms with Crippen LogP contribution in [0.2, 0.25) is 0 Å². The normalized spacial score (nSPS) is 34.5. The number of likely N-dealkylation sites (N-methyl/N-ethyl adjacent to an activating group) is 1. The summed E-state index contributed by atoms with van der Waals surface area (Å²) in [4.78, 5) is 25.8. The van der Waals surface area contributed by atoms with Gasteiger partial charge in [-0.05, 0) is 25.9 Å².